The molecule has 1 heterocycles. The third-order valence-electron chi connectivity index (χ3n) is 6.20. The van der Waals surface area contributed by atoms with Crippen molar-refractivity contribution >= 4 is 29.1 Å². The second kappa shape index (κ2) is 10.9. The van der Waals surface area contributed by atoms with Crippen LogP contribution in [0.3, 0.4) is 0 Å². The van der Waals surface area contributed by atoms with Gasteiger partial charge in [-0.2, -0.15) is 5.26 Å². The van der Waals surface area contributed by atoms with Gasteiger partial charge in [-0.1, -0.05) is 47.5 Å². The summed E-state index contributed by atoms with van der Waals surface area (Å²) in [6, 6.07) is 33.3. The summed E-state index contributed by atoms with van der Waals surface area (Å²) in [5.41, 5.74) is 7.21. The van der Waals surface area contributed by atoms with Gasteiger partial charge in [0.2, 0.25) is 11.8 Å². The average molecular weight is 513 g/mol. The molecule has 0 radical (unpaired) electrons. The Hall–Kier alpha value is -5.48. The number of aliphatic carboxylic acids is 1. The number of nitrogens with zero attached hydrogens (tertiary/aromatic N) is 4. The summed E-state index contributed by atoms with van der Waals surface area (Å²) in [5.74, 6) is -0.547. The molecule has 0 unspecified atom stereocenters. The fourth-order valence-corrected chi connectivity index (χ4v) is 4.07. The van der Waals surface area contributed by atoms with Crippen LogP contribution in [0, 0.1) is 25.2 Å². The van der Waals surface area contributed by atoms with E-state index in [1.807, 2.05) is 24.3 Å². The summed E-state index contributed by atoms with van der Waals surface area (Å²) in [6.07, 6.45) is 1.31. The van der Waals surface area contributed by atoms with Crippen molar-refractivity contribution in [3.63, 3.8) is 0 Å². The number of carbonyl (C=O) groups is 1. The van der Waals surface area contributed by atoms with Crippen molar-refractivity contribution in [2.45, 2.75) is 13.8 Å². The molecule has 1 N–H and O–H groups in total. The third-order valence-corrected chi connectivity index (χ3v) is 6.20. The summed E-state index contributed by atoms with van der Waals surface area (Å²) in [6.45, 7) is 4.14. The second-order valence-electron chi connectivity index (χ2n) is 9.06. The largest absolute Gasteiger partial charge is 0.477 e. The number of rotatable bonds is 7. The van der Waals surface area contributed by atoms with Crippen molar-refractivity contribution in [3.05, 3.63) is 119 Å². The predicted molar refractivity (Wildman–Crippen MR) is 151 cm³/mol. The zero-order valence-electron chi connectivity index (χ0n) is 21.4. The van der Waals surface area contributed by atoms with Gasteiger partial charge >= 0.3 is 5.97 Å². The number of benzene rings is 4. The van der Waals surface area contributed by atoms with Gasteiger partial charge in [0.1, 0.15) is 11.6 Å². The lowest BCUT2D eigenvalue weighted by atomic mass is 10.1. The van der Waals surface area contributed by atoms with E-state index < -0.39 is 5.97 Å². The summed E-state index contributed by atoms with van der Waals surface area (Å²) in [7, 11) is 0. The van der Waals surface area contributed by atoms with Crippen molar-refractivity contribution in [1.82, 2.24) is 10.2 Å². The van der Waals surface area contributed by atoms with Gasteiger partial charge in [-0.3, -0.25) is 0 Å². The summed E-state index contributed by atoms with van der Waals surface area (Å²) >= 11 is 0. The second-order valence-corrected chi connectivity index (χ2v) is 9.06. The summed E-state index contributed by atoms with van der Waals surface area (Å²) < 4.78 is 5.93. The Morgan fingerprint density at radius 2 is 1.15 bits per heavy atom. The van der Waals surface area contributed by atoms with E-state index in [0.717, 1.165) is 22.6 Å². The lowest BCUT2D eigenvalue weighted by Crippen LogP contribution is -2.09. The normalized spacial score (nSPS) is 11.2. The van der Waals surface area contributed by atoms with E-state index in [4.69, 9.17) is 14.8 Å². The van der Waals surface area contributed by atoms with E-state index in [0.29, 0.717) is 22.9 Å². The number of anilines is 3. The quantitative estimate of drug-likeness (QED) is 0.178. The van der Waals surface area contributed by atoms with Crippen LogP contribution in [-0.4, -0.2) is 21.3 Å². The van der Waals surface area contributed by atoms with Gasteiger partial charge in [-0.05, 0) is 86.2 Å². The van der Waals surface area contributed by atoms with E-state index in [1.165, 1.54) is 17.2 Å². The standard InChI is InChI=1S/C32H24N4O3/c1-21-3-13-27(14-4-21)36(28-15-5-22(2)6-16-28)29-17-11-25(12-18-29)31-35-34-30(39-31)24-9-7-23(8-10-24)19-26(20-33)32(37)38/h3-19H,1-2H3,(H,37,38)/b26-19+. The minimum Gasteiger partial charge on any atom is -0.477 e. The lowest BCUT2D eigenvalue weighted by Gasteiger charge is -2.25. The van der Waals surface area contributed by atoms with E-state index >= 15 is 0 Å². The van der Waals surface area contributed by atoms with Crippen molar-refractivity contribution in [2.75, 3.05) is 4.90 Å². The van der Waals surface area contributed by atoms with Crippen LogP contribution in [0.1, 0.15) is 16.7 Å². The molecule has 39 heavy (non-hydrogen) atoms. The van der Waals surface area contributed by atoms with E-state index in [1.54, 1.807) is 30.3 Å². The van der Waals surface area contributed by atoms with Gasteiger partial charge < -0.3 is 14.4 Å². The number of aryl methyl sites for hydroxylation is 2. The third kappa shape index (κ3) is 5.60. The minimum atomic E-state index is -1.27. The molecule has 0 atom stereocenters. The maximum atomic E-state index is 11.1. The number of hydrogen-bond acceptors (Lipinski definition) is 6. The molecule has 190 valence electrons. The molecule has 0 saturated heterocycles. The molecule has 0 saturated carbocycles. The Morgan fingerprint density at radius 1 is 0.744 bits per heavy atom. The molecule has 0 spiro atoms. The highest BCUT2D eigenvalue weighted by Crippen LogP contribution is 2.36. The predicted octanol–water partition coefficient (Wildman–Crippen LogP) is 7.48. The molecule has 0 aliphatic carbocycles. The van der Waals surface area contributed by atoms with Crippen LogP contribution in [0.25, 0.3) is 29.0 Å². The molecule has 4 aromatic carbocycles. The van der Waals surface area contributed by atoms with Gasteiger partial charge in [0.25, 0.3) is 0 Å². The van der Waals surface area contributed by atoms with Crippen LogP contribution < -0.4 is 4.90 Å². The van der Waals surface area contributed by atoms with Gasteiger partial charge in [0, 0.05) is 28.2 Å². The van der Waals surface area contributed by atoms with E-state index in [2.05, 4.69) is 77.5 Å². The summed E-state index contributed by atoms with van der Waals surface area (Å²) in [4.78, 5) is 13.3. The smallest absolute Gasteiger partial charge is 0.346 e. The zero-order valence-corrected chi connectivity index (χ0v) is 21.4. The Labute approximate surface area is 225 Å². The first-order valence-electron chi connectivity index (χ1n) is 12.2. The molecule has 5 aromatic rings. The molecule has 7 nitrogen and oxygen atoms in total. The van der Waals surface area contributed by atoms with Crippen molar-refractivity contribution in [1.29, 1.82) is 5.26 Å². The molecule has 0 aliphatic rings. The van der Waals surface area contributed by atoms with Crippen LogP contribution in [-0.2, 0) is 4.79 Å². The number of nitriles is 1. The van der Waals surface area contributed by atoms with Crippen molar-refractivity contribution in [2.24, 2.45) is 0 Å². The van der Waals surface area contributed by atoms with E-state index in [9.17, 15) is 4.79 Å². The molecule has 1 aromatic heterocycles. The highest BCUT2D eigenvalue weighted by Gasteiger charge is 2.15. The van der Waals surface area contributed by atoms with Crippen LogP contribution in [0.2, 0.25) is 0 Å². The Kier molecular flexibility index (Phi) is 7.02. The highest BCUT2D eigenvalue weighted by molar-refractivity contribution is 5.96. The molecule has 0 amide bonds. The zero-order chi connectivity index (χ0) is 27.4. The average Bonchev–Trinajstić information content (AvgIpc) is 3.45. The van der Waals surface area contributed by atoms with Gasteiger partial charge in [0.05, 0.1) is 0 Å². The first kappa shape index (κ1) is 25.2. The van der Waals surface area contributed by atoms with Crippen LogP contribution in [0.4, 0.5) is 17.1 Å². The molecular weight excluding hydrogens is 488 g/mol. The van der Waals surface area contributed by atoms with Crippen LogP contribution in [0.15, 0.2) is 107 Å². The fourth-order valence-electron chi connectivity index (χ4n) is 4.07. The number of carboxylic acid groups (broad SMARTS) is 1. The van der Waals surface area contributed by atoms with Gasteiger partial charge in [-0.25, -0.2) is 4.79 Å². The Bertz CT molecular complexity index is 1630. The highest BCUT2D eigenvalue weighted by atomic mass is 16.4. The molecular formula is C32H24N4O3. The SMILES string of the molecule is Cc1ccc(N(c2ccc(C)cc2)c2ccc(-c3nnc(-c4ccc(/C=C(\C#N)C(=O)O)cc4)o3)cc2)cc1. The molecule has 0 aliphatic heterocycles. The lowest BCUT2D eigenvalue weighted by molar-refractivity contribution is -0.132. The molecule has 5 rings (SSSR count). The number of hydrogen-bond donors (Lipinski definition) is 1. The maximum absolute atomic E-state index is 11.1. The number of carboxylic acids is 1. The first-order valence-corrected chi connectivity index (χ1v) is 12.2. The van der Waals surface area contributed by atoms with Crippen molar-refractivity contribution < 1.29 is 14.3 Å². The maximum Gasteiger partial charge on any atom is 0.346 e. The minimum absolute atomic E-state index is 0.337. The van der Waals surface area contributed by atoms with Crippen LogP contribution >= 0.6 is 0 Å². The van der Waals surface area contributed by atoms with Crippen molar-refractivity contribution in [3.8, 4) is 29.0 Å². The topological polar surface area (TPSA) is 103 Å². The first-order chi connectivity index (χ1) is 18.9. The molecule has 0 bridgehead atoms. The Balaban J connectivity index is 1.40. The molecule has 0 fully saturated rings. The fraction of sp³-hybridized carbons (Fsp3) is 0.0625. The van der Waals surface area contributed by atoms with Gasteiger partial charge in [-0.15, -0.1) is 10.2 Å². The summed E-state index contributed by atoms with van der Waals surface area (Å²) in [5, 5.41) is 26.4. The number of aromatic nitrogens is 2. The Morgan fingerprint density at radius 3 is 1.56 bits per heavy atom. The van der Waals surface area contributed by atoms with Gasteiger partial charge in [0.15, 0.2) is 0 Å². The molecule has 7 heteroatoms. The van der Waals surface area contributed by atoms with E-state index in [-0.39, 0.29) is 5.57 Å². The monoisotopic (exact) mass is 512 g/mol. The van der Waals surface area contributed by atoms with Crippen LogP contribution in [0.5, 0.6) is 0 Å².